The van der Waals surface area contributed by atoms with E-state index >= 15 is 0 Å². The minimum Gasteiger partial charge on any atom is -0.395 e. The van der Waals surface area contributed by atoms with E-state index in [9.17, 15) is 0 Å². The summed E-state index contributed by atoms with van der Waals surface area (Å²) >= 11 is 2.35. The Labute approximate surface area is 136 Å². The lowest BCUT2D eigenvalue weighted by molar-refractivity contribution is 0.179. The first-order valence-corrected chi connectivity index (χ1v) is 12.7. The maximum atomic E-state index is 9.09. The highest BCUT2D eigenvalue weighted by atomic mass is 127. The van der Waals surface area contributed by atoms with Gasteiger partial charge >= 0.3 is 0 Å². The standard InChI is InChI=1S/C12H24INOS3/c13-16-10-11-18-17-9-7-14(6-8-15)5-4-12-2-1-3-12/h12,15H,1-11H2. The van der Waals surface area contributed by atoms with E-state index in [0.717, 1.165) is 19.0 Å². The first-order chi connectivity index (χ1) is 8.86. The van der Waals surface area contributed by atoms with Gasteiger partial charge in [-0.15, -0.1) is 0 Å². The Morgan fingerprint density at radius 3 is 2.44 bits per heavy atom. The average Bonchev–Trinajstić information content (AvgIpc) is 2.31. The quantitative estimate of drug-likeness (QED) is 0.292. The van der Waals surface area contributed by atoms with Gasteiger partial charge in [0.1, 0.15) is 0 Å². The number of hydrogen-bond donors (Lipinski definition) is 1. The third-order valence-electron chi connectivity index (χ3n) is 3.31. The highest BCUT2D eigenvalue weighted by Crippen LogP contribution is 2.29. The van der Waals surface area contributed by atoms with Gasteiger partial charge in [-0.25, -0.2) is 0 Å². The Bertz CT molecular complexity index is 196. The summed E-state index contributed by atoms with van der Waals surface area (Å²) in [5, 5.41) is 9.09. The Morgan fingerprint density at radius 2 is 1.83 bits per heavy atom. The summed E-state index contributed by atoms with van der Waals surface area (Å²) in [5.41, 5.74) is 0. The highest BCUT2D eigenvalue weighted by molar-refractivity contribution is 14.2. The molecule has 0 aromatic carbocycles. The molecular formula is C12H24INOS3. The fraction of sp³-hybridized carbons (Fsp3) is 1.00. The van der Waals surface area contributed by atoms with Crippen LogP contribution in [-0.4, -0.2) is 53.5 Å². The van der Waals surface area contributed by atoms with Crippen LogP contribution < -0.4 is 0 Å². The molecule has 0 aromatic rings. The molecule has 1 fully saturated rings. The monoisotopic (exact) mass is 421 g/mol. The van der Waals surface area contributed by atoms with Crippen molar-refractivity contribution in [3.05, 3.63) is 0 Å². The molecule has 1 rings (SSSR count). The molecule has 0 saturated heterocycles. The van der Waals surface area contributed by atoms with Crippen molar-refractivity contribution >= 4 is 51.7 Å². The fourth-order valence-electron chi connectivity index (χ4n) is 1.97. The van der Waals surface area contributed by atoms with Crippen LogP contribution in [0.15, 0.2) is 0 Å². The van der Waals surface area contributed by atoms with Crippen molar-refractivity contribution in [2.24, 2.45) is 5.92 Å². The smallest absolute Gasteiger partial charge is 0.0558 e. The molecule has 0 aromatic heterocycles. The van der Waals surface area contributed by atoms with Gasteiger partial charge in [0.25, 0.3) is 0 Å². The largest absolute Gasteiger partial charge is 0.395 e. The molecular weight excluding hydrogens is 397 g/mol. The molecule has 0 atom stereocenters. The third-order valence-corrected chi connectivity index (χ3v) is 7.64. The second kappa shape index (κ2) is 12.4. The van der Waals surface area contributed by atoms with Gasteiger partial charge in [0.15, 0.2) is 0 Å². The molecule has 0 aliphatic heterocycles. The summed E-state index contributed by atoms with van der Waals surface area (Å²) in [6.45, 7) is 3.46. The van der Waals surface area contributed by atoms with Crippen molar-refractivity contribution in [3.8, 4) is 0 Å². The van der Waals surface area contributed by atoms with Gasteiger partial charge in [-0.2, -0.15) is 0 Å². The Balaban J connectivity index is 1.97. The van der Waals surface area contributed by atoms with Crippen LogP contribution in [0.25, 0.3) is 0 Å². The molecule has 0 bridgehead atoms. The Morgan fingerprint density at radius 1 is 1.06 bits per heavy atom. The second-order valence-corrected chi connectivity index (χ2v) is 9.81. The molecule has 108 valence electrons. The normalized spacial score (nSPS) is 16.2. The molecule has 18 heavy (non-hydrogen) atoms. The molecule has 1 N–H and O–H groups in total. The van der Waals surface area contributed by atoms with Gasteiger partial charge in [0.05, 0.1) is 6.61 Å². The number of hydrogen-bond acceptors (Lipinski definition) is 5. The van der Waals surface area contributed by atoms with Crippen molar-refractivity contribution in [1.82, 2.24) is 4.90 Å². The zero-order valence-corrected chi connectivity index (χ0v) is 15.5. The molecule has 0 spiro atoms. The van der Waals surface area contributed by atoms with E-state index in [2.05, 4.69) is 26.1 Å². The summed E-state index contributed by atoms with van der Waals surface area (Å²) in [6.07, 6.45) is 5.65. The van der Waals surface area contributed by atoms with Gasteiger partial charge in [0, 0.05) is 30.3 Å². The topological polar surface area (TPSA) is 23.5 Å². The van der Waals surface area contributed by atoms with Crippen LogP contribution in [0.5, 0.6) is 0 Å². The minimum absolute atomic E-state index is 0.300. The molecule has 1 aliphatic rings. The molecule has 0 heterocycles. The molecule has 1 saturated carbocycles. The SMILES string of the molecule is OCCN(CCSSCCSI)CCC1CCC1. The van der Waals surface area contributed by atoms with E-state index in [-0.39, 0.29) is 0 Å². The van der Waals surface area contributed by atoms with Crippen LogP contribution in [0.2, 0.25) is 0 Å². The molecule has 0 radical (unpaired) electrons. The zero-order chi connectivity index (χ0) is 13.1. The number of nitrogens with zero attached hydrogens (tertiary/aromatic N) is 1. The number of halogens is 1. The average molecular weight is 421 g/mol. The van der Waals surface area contributed by atoms with Gasteiger partial charge < -0.3 is 10.0 Å². The lowest BCUT2D eigenvalue weighted by atomic mass is 9.83. The fourth-order valence-corrected chi connectivity index (χ4v) is 6.23. The summed E-state index contributed by atoms with van der Waals surface area (Å²) in [5.74, 6) is 4.64. The van der Waals surface area contributed by atoms with Crippen molar-refractivity contribution in [3.63, 3.8) is 0 Å². The van der Waals surface area contributed by atoms with Crippen molar-refractivity contribution in [2.45, 2.75) is 25.7 Å². The number of aliphatic hydroxyl groups is 1. The van der Waals surface area contributed by atoms with E-state index in [1.165, 1.54) is 49.5 Å². The van der Waals surface area contributed by atoms with Crippen LogP contribution in [0, 0.1) is 5.92 Å². The summed E-state index contributed by atoms with van der Waals surface area (Å²) in [7, 11) is 5.84. The lowest BCUT2D eigenvalue weighted by Gasteiger charge is -2.29. The number of aliphatic hydroxyl groups excluding tert-OH is 1. The van der Waals surface area contributed by atoms with Crippen LogP contribution >= 0.6 is 51.7 Å². The first-order valence-electron chi connectivity index (χ1n) is 6.68. The Hall–Kier alpha value is 1.70. The maximum Gasteiger partial charge on any atom is 0.0558 e. The van der Waals surface area contributed by atoms with Crippen LogP contribution in [-0.2, 0) is 0 Å². The maximum absolute atomic E-state index is 9.09. The zero-order valence-electron chi connectivity index (χ0n) is 10.9. The second-order valence-electron chi connectivity index (χ2n) is 4.61. The van der Waals surface area contributed by atoms with Crippen LogP contribution in [0.1, 0.15) is 25.7 Å². The highest BCUT2D eigenvalue weighted by Gasteiger charge is 2.18. The molecule has 0 unspecified atom stereocenters. The molecule has 6 heteroatoms. The summed E-state index contributed by atoms with van der Waals surface area (Å²) in [4.78, 5) is 2.43. The first kappa shape index (κ1) is 17.8. The molecule has 2 nitrogen and oxygen atoms in total. The van der Waals surface area contributed by atoms with Crippen LogP contribution in [0.4, 0.5) is 0 Å². The molecule has 0 amide bonds. The van der Waals surface area contributed by atoms with Gasteiger partial charge in [-0.05, 0) is 40.1 Å². The van der Waals surface area contributed by atoms with Gasteiger partial charge in [0.2, 0.25) is 0 Å². The van der Waals surface area contributed by atoms with Crippen molar-refractivity contribution in [1.29, 1.82) is 0 Å². The van der Waals surface area contributed by atoms with Crippen molar-refractivity contribution < 1.29 is 5.11 Å². The summed E-state index contributed by atoms with van der Waals surface area (Å²) in [6, 6.07) is 0. The summed E-state index contributed by atoms with van der Waals surface area (Å²) < 4.78 is 0. The van der Waals surface area contributed by atoms with E-state index in [0.29, 0.717) is 6.61 Å². The predicted octanol–water partition coefficient (Wildman–Crippen LogP) is 3.94. The van der Waals surface area contributed by atoms with E-state index in [1.807, 2.05) is 30.5 Å². The van der Waals surface area contributed by atoms with Gasteiger partial charge in [-0.3, -0.25) is 0 Å². The minimum atomic E-state index is 0.300. The van der Waals surface area contributed by atoms with E-state index < -0.39 is 0 Å². The van der Waals surface area contributed by atoms with Crippen molar-refractivity contribution in [2.75, 3.05) is 43.5 Å². The number of rotatable bonds is 12. The third kappa shape index (κ3) is 8.79. The molecule has 1 aliphatic carbocycles. The van der Waals surface area contributed by atoms with Gasteiger partial charge in [-0.1, -0.05) is 49.8 Å². The predicted molar refractivity (Wildman–Crippen MR) is 96.9 cm³/mol. The van der Waals surface area contributed by atoms with E-state index in [4.69, 9.17) is 5.11 Å². The van der Waals surface area contributed by atoms with E-state index in [1.54, 1.807) is 0 Å². The lowest BCUT2D eigenvalue weighted by Crippen LogP contribution is -2.32. The Kier molecular flexibility index (Phi) is 12.3. The van der Waals surface area contributed by atoms with Crippen LogP contribution in [0.3, 0.4) is 0 Å².